The lowest BCUT2D eigenvalue weighted by Gasteiger charge is -2.18. The van der Waals surface area contributed by atoms with Crippen LogP contribution in [0, 0.1) is 5.82 Å². The fourth-order valence-electron chi connectivity index (χ4n) is 3.57. The van der Waals surface area contributed by atoms with E-state index in [9.17, 15) is 9.18 Å². The molecule has 3 rings (SSSR count). The Balaban J connectivity index is 1.80. The van der Waals surface area contributed by atoms with Gasteiger partial charge in [-0.05, 0) is 69.3 Å². The van der Waals surface area contributed by atoms with E-state index >= 15 is 0 Å². The summed E-state index contributed by atoms with van der Waals surface area (Å²) in [5.41, 5.74) is 1.83. The summed E-state index contributed by atoms with van der Waals surface area (Å²) >= 11 is 1.57. The predicted molar refractivity (Wildman–Crippen MR) is 118 cm³/mol. The van der Waals surface area contributed by atoms with E-state index in [1.165, 1.54) is 12.1 Å². The number of carbonyl (C=O) groups excluding carboxylic acids is 1. The van der Waals surface area contributed by atoms with Crippen molar-refractivity contribution < 1.29 is 14.1 Å². The summed E-state index contributed by atoms with van der Waals surface area (Å²) in [4.78, 5) is 20.2. The van der Waals surface area contributed by atoms with E-state index < -0.39 is 0 Å². The number of nitrogens with zero attached hydrogens (tertiary/aromatic N) is 1. The number of hydrogen-bond donors (Lipinski definition) is 2. The average Bonchev–Trinajstić information content (AvgIpc) is 3.25. The molecule has 0 aliphatic rings. The first-order valence-corrected chi connectivity index (χ1v) is 11.2. The maximum atomic E-state index is 13.9. The quantitative estimate of drug-likeness (QED) is 0.557. The van der Waals surface area contributed by atoms with Crippen molar-refractivity contribution in [2.45, 2.75) is 39.7 Å². The molecule has 6 heteroatoms. The summed E-state index contributed by atoms with van der Waals surface area (Å²) in [6, 6.07) is 10.2. The van der Waals surface area contributed by atoms with Crippen molar-refractivity contribution in [1.82, 2.24) is 10.3 Å². The van der Waals surface area contributed by atoms with Crippen LogP contribution in [0.5, 0.6) is 0 Å². The summed E-state index contributed by atoms with van der Waals surface area (Å²) in [7, 11) is 0. The molecule has 0 aliphatic heterocycles. The van der Waals surface area contributed by atoms with Gasteiger partial charge in [0, 0.05) is 11.4 Å². The highest BCUT2D eigenvalue weighted by molar-refractivity contribution is 7.13. The van der Waals surface area contributed by atoms with Crippen LogP contribution >= 0.6 is 11.3 Å². The Bertz CT molecular complexity index is 954. The Morgan fingerprint density at radius 3 is 2.72 bits per heavy atom. The van der Waals surface area contributed by atoms with Gasteiger partial charge in [0.25, 0.3) is 5.91 Å². The predicted octanol–water partition coefficient (Wildman–Crippen LogP) is 3.93. The fourth-order valence-corrected chi connectivity index (χ4v) is 4.26. The van der Waals surface area contributed by atoms with Crippen molar-refractivity contribution in [3.05, 3.63) is 53.2 Å². The van der Waals surface area contributed by atoms with E-state index in [-0.39, 0.29) is 17.8 Å². The third kappa shape index (κ3) is 5.40. The van der Waals surface area contributed by atoms with Crippen molar-refractivity contribution in [2.24, 2.45) is 0 Å². The Morgan fingerprint density at radius 2 is 2.03 bits per heavy atom. The number of amides is 1. The molecule has 3 aromatic rings. The Morgan fingerprint density at radius 1 is 1.24 bits per heavy atom. The molecule has 154 valence electrons. The van der Waals surface area contributed by atoms with Gasteiger partial charge in [0.1, 0.15) is 5.82 Å². The Hall–Kier alpha value is -2.31. The number of quaternary nitrogens is 1. The van der Waals surface area contributed by atoms with Gasteiger partial charge in [-0.2, -0.15) is 0 Å². The molecule has 1 aromatic carbocycles. The van der Waals surface area contributed by atoms with Crippen molar-refractivity contribution in [1.29, 1.82) is 0 Å². The highest BCUT2D eigenvalue weighted by Crippen LogP contribution is 2.28. The van der Waals surface area contributed by atoms with Crippen LogP contribution in [0.1, 0.15) is 44.0 Å². The first-order chi connectivity index (χ1) is 14.0. The zero-order chi connectivity index (χ0) is 20.8. The fraction of sp³-hybridized carbons (Fsp3) is 0.391. The van der Waals surface area contributed by atoms with Gasteiger partial charge in [0.05, 0.1) is 41.3 Å². The van der Waals surface area contributed by atoms with E-state index in [1.807, 2.05) is 24.4 Å². The standard InChI is InChI=1S/C23H28FN3OS/c1-4-27(5-2)12-6-8-16(3)25-23(28)19-15-21(22-9-7-13-29-22)26-20-11-10-17(24)14-18(19)20/h7,9-11,13-16H,4-6,8,12H2,1-3H3,(H,25,28)/p+1/t16-/m1/s1. The molecule has 0 bridgehead atoms. The van der Waals surface area contributed by atoms with Crippen LogP contribution in [0.3, 0.4) is 0 Å². The third-order valence-electron chi connectivity index (χ3n) is 5.33. The van der Waals surface area contributed by atoms with Crippen LogP contribution in [0.4, 0.5) is 4.39 Å². The van der Waals surface area contributed by atoms with Gasteiger partial charge >= 0.3 is 0 Å². The minimum Gasteiger partial charge on any atom is -0.350 e. The van der Waals surface area contributed by atoms with Crippen molar-refractivity contribution in [3.8, 4) is 10.6 Å². The van der Waals surface area contributed by atoms with Gasteiger partial charge < -0.3 is 10.2 Å². The maximum Gasteiger partial charge on any atom is 0.252 e. The van der Waals surface area contributed by atoms with Gasteiger partial charge in [0.2, 0.25) is 0 Å². The van der Waals surface area contributed by atoms with Crippen LogP contribution in [0.2, 0.25) is 0 Å². The first-order valence-electron chi connectivity index (χ1n) is 10.3. The van der Waals surface area contributed by atoms with Crippen LogP contribution in [0.25, 0.3) is 21.5 Å². The summed E-state index contributed by atoms with van der Waals surface area (Å²) in [5, 5.41) is 5.62. The number of aromatic nitrogens is 1. The van der Waals surface area contributed by atoms with E-state index in [0.717, 1.165) is 43.0 Å². The molecule has 2 N–H and O–H groups in total. The number of hydrogen-bond acceptors (Lipinski definition) is 3. The van der Waals surface area contributed by atoms with Gasteiger partial charge in [0.15, 0.2) is 0 Å². The molecule has 0 fully saturated rings. The van der Waals surface area contributed by atoms with Crippen molar-refractivity contribution in [2.75, 3.05) is 19.6 Å². The van der Waals surface area contributed by atoms with Crippen molar-refractivity contribution in [3.63, 3.8) is 0 Å². The van der Waals surface area contributed by atoms with E-state index in [1.54, 1.807) is 28.4 Å². The molecule has 1 atom stereocenters. The molecule has 0 aliphatic carbocycles. The lowest BCUT2D eigenvalue weighted by Crippen LogP contribution is -3.11. The Kier molecular flexibility index (Phi) is 7.34. The summed E-state index contributed by atoms with van der Waals surface area (Å²) in [6.07, 6.45) is 1.98. The highest BCUT2D eigenvalue weighted by Gasteiger charge is 2.17. The number of carbonyl (C=O) groups is 1. The molecule has 29 heavy (non-hydrogen) atoms. The van der Waals surface area contributed by atoms with Crippen LogP contribution in [-0.4, -0.2) is 36.6 Å². The average molecular weight is 415 g/mol. The summed E-state index contributed by atoms with van der Waals surface area (Å²) in [6.45, 7) is 9.78. The largest absolute Gasteiger partial charge is 0.350 e. The monoisotopic (exact) mass is 414 g/mol. The van der Waals surface area contributed by atoms with Crippen LogP contribution in [0.15, 0.2) is 41.8 Å². The summed E-state index contributed by atoms with van der Waals surface area (Å²) in [5.74, 6) is -0.545. The molecule has 0 saturated carbocycles. The maximum absolute atomic E-state index is 13.9. The smallest absolute Gasteiger partial charge is 0.252 e. The zero-order valence-electron chi connectivity index (χ0n) is 17.3. The number of thiophene rings is 1. The van der Waals surface area contributed by atoms with E-state index in [4.69, 9.17) is 0 Å². The minimum absolute atomic E-state index is 0.0550. The number of benzene rings is 1. The second kappa shape index (κ2) is 9.94. The number of pyridine rings is 1. The highest BCUT2D eigenvalue weighted by atomic mass is 32.1. The molecule has 0 unspecified atom stereocenters. The lowest BCUT2D eigenvalue weighted by atomic mass is 10.0. The normalized spacial score (nSPS) is 12.4. The number of fused-ring (bicyclic) bond motifs is 1. The topological polar surface area (TPSA) is 46.4 Å². The molecule has 1 amide bonds. The molecule has 2 heterocycles. The molecule has 0 saturated heterocycles. The van der Waals surface area contributed by atoms with Gasteiger partial charge in [-0.3, -0.25) is 4.79 Å². The van der Waals surface area contributed by atoms with Gasteiger partial charge in [-0.1, -0.05) is 6.07 Å². The van der Waals surface area contributed by atoms with Crippen molar-refractivity contribution >= 4 is 28.1 Å². The lowest BCUT2D eigenvalue weighted by molar-refractivity contribution is -0.896. The molecular formula is C23H29FN3OS+. The molecule has 0 spiro atoms. The number of rotatable bonds is 9. The number of halogens is 1. The number of nitrogens with one attached hydrogen (secondary N) is 2. The van der Waals surface area contributed by atoms with E-state index in [0.29, 0.717) is 16.5 Å². The first kappa shape index (κ1) is 21.4. The van der Waals surface area contributed by atoms with Gasteiger partial charge in [-0.25, -0.2) is 9.37 Å². The van der Waals surface area contributed by atoms with Gasteiger partial charge in [-0.15, -0.1) is 11.3 Å². The molecule has 2 aromatic heterocycles. The molecular weight excluding hydrogens is 385 g/mol. The summed E-state index contributed by atoms with van der Waals surface area (Å²) < 4.78 is 13.9. The van der Waals surface area contributed by atoms with E-state index in [2.05, 4.69) is 24.1 Å². The van der Waals surface area contributed by atoms with Crippen LogP contribution in [-0.2, 0) is 0 Å². The minimum atomic E-state index is -0.368. The molecule has 0 radical (unpaired) electrons. The van der Waals surface area contributed by atoms with Crippen LogP contribution < -0.4 is 10.2 Å². The molecule has 4 nitrogen and oxygen atoms in total. The SMILES string of the molecule is CC[NH+](CC)CCC[C@@H](C)NC(=O)c1cc(-c2cccs2)nc2ccc(F)cc12. The second-order valence-corrected chi connectivity index (χ2v) is 8.37. The Labute approximate surface area is 175 Å². The zero-order valence-corrected chi connectivity index (χ0v) is 18.1. The second-order valence-electron chi connectivity index (χ2n) is 7.42. The third-order valence-corrected chi connectivity index (χ3v) is 6.23.